The molecule has 3 heteroatoms. The second kappa shape index (κ2) is 3.79. The second-order valence-corrected chi connectivity index (χ2v) is 4.13. The molecule has 0 amide bonds. The van der Waals surface area contributed by atoms with Crippen molar-refractivity contribution in [3.8, 4) is 0 Å². The number of halogens is 1. The molecule has 0 bridgehead atoms. The molecule has 2 nitrogen and oxygen atoms in total. The molecule has 14 heavy (non-hydrogen) atoms. The van der Waals surface area contributed by atoms with E-state index in [2.05, 4.69) is 17.9 Å². The molecule has 1 heterocycles. The summed E-state index contributed by atoms with van der Waals surface area (Å²) < 4.78 is 0. The summed E-state index contributed by atoms with van der Waals surface area (Å²) in [5.41, 5.74) is 8.60. The van der Waals surface area contributed by atoms with Crippen molar-refractivity contribution in [1.29, 1.82) is 0 Å². The molecule has 1 aliphatic rings. The third-order valence-corrected chi connectivity index (χ3v) is 3.03. The number of hydrogen-bond acceptors (Lipinski definition) is 2. The van der Waals surface area contributed by atoms with Crippen LogP contribution in [0.1, 0.15) is 18.9 Å². The Hall–Kier alpha value is -0.730. The van der Waals surface area contributed by atoms with E-state index in [4.69, 9.17) is 17.3 Å². The maximum Gasteiger partial charge on any atom is 0.0768 e. The largest absolute Gasteiger partial charge is 0.356 e. The molecule has 0 saturated carbocycles. The summed E-state index contributed by atoms with van der Waals surface area (Å²) in [7, 11) is 0. The van der Waals surface area contributed by atoms with Gasteiger partial charge in [0.05, 0.1) is 6.17 Å². The van der Waals surface area contributed by atoms with Crippen LogP contribution in [0, 0.1) is 0 Å². The molecule has 2 rings (SSSR count). The van der Waals surface area contributed by atoms with E-state index in [9.17, 15) is 0 Å². The highest BCUT2D eigenvalue weighted by Gasteiger charge is 2.22. The Morgan fingerprint density at radius 3 is 3.07 bits per heavy atom. The van der Waals surface area contributed by atoms with Gasteiger partial charge in [-0.2, -0.15) is 0 Å². The number of nitrogens with two attached hydrogens (primary N) is 1. The Bertz CT molecular complexity index is 338. The fourth-order valence-electron chi connectivity index (χ4n) is 1.96. The lowest BCUT2D eigenvalue weighted by Crippen LogP contribution is -2.40. The number of nitrogens with zero attached hydrogens (tertiary/aromatic N) is 1. The molecule has 0 aliphatic carbocycles. The first-order chi connectivity index (χ1) is 6.72. The van der Waals surface area contributed by atoms with Gasteiger partial charge in [-0.25, -0.2) is 0 Å². The molecule has 2 N–H and O–H groups in total. The molecule has 1 aromatic carbocycles. The van der Waals surface area contributed by atoms with Gasteiger partial charge in [0, 0.05) is 17.3 Å². The Morgan fingerprint density at radius 1 is 1.57 bits per heavy atom. The van der Waals surface area contributed by atoms with E-state index >= 15 is 0 Å². The van der Waals surface area contributed by atoms with Crippen LogP contribution in [-0.4, -0.2) is 12.7 Å². The van der Waals surface area contributed by atoms with Crippen LogP contribution in [-0.2, 0) is 6.42 Å². The first kappa shape index (κ1) is 9.81. The zero-order chi connectivity index (χ0) is 10.1. The van der Waals surface area contributed by atoms with Crippen molar-refractivity contribution in [2.24, 2.45) is 5.73 Å². The van der Waals surface area contributed by atoms with Gasteiger partial charge in [0.2, 0.25) is 0 Å². The van der Waals surface area contributed by atoms with E-state index in [0.29, 0.717) is 0 Å². The summed E-state index contributed by atoms with van der Waals surface area (Å²) in [4.78, 5) is 2.26. The summed E-state index contributed by atoms with van der Waals surface area (Å²) in [6.45, 7) is 3.13. The van der Waals surface area contributed by atoms with Gasteiger partial charge in [-0.15, -0.1) is 0 Å². The molecule has 76 valence electrons. The highest BCUT2D eigenvalue weighted by Crippen LogP contribution is 2.31. The number of fused-ring (bicyclic) bond motifs is 1. The molecule has 0 aromatic heterocycles. The minimum atomic E-state index is 0.137. The Balaban J connectivity index is 2.31. The molecule has 0 radical (unpaired) electrons. The fraction of sp³-hybridized carbons (Fsp3) is 0.455. The highest BCUT2D eigenvalue weighted by atomic mass is 35.5. The molecule has 0 fully saturated rings. The van der Waals surface area contributed by atoms with E-state index in [0.717, 1.165) is 24.4 Å². The molecule has 0 saturated heterocycles. The predicted octanol–water partition coefficient (Wildman–Crippen LogP) is 2.40. The summed E-state index contributed by atoms with van der Waals surface area (Å²) in [6.07, 6.45) is 2.17. The SMILES string of the molecule is CCC(N)N1CCc2cc(Cl)ccc21. The molecular weight excluding hydrogens is 196 g/mol. The average molecular weight is 211 g/mol. The van der Waals surface area contributed by atoms with Crippen molar-refractivity contribution >= 4 is 17.3 Å². The maximum absolute atomic E-state index is 6.02. The van der Waals surface area contributed by atoms with Crippen molar-refractivity contribution in [2.45, 2.75) is 25.9 Å². The summed E-state index contributed by atoms with van der Waals surface area (Å²) in [5, 5.41) is 0.815. The third kappa shape index (κ3) is 1.60. The zero-order valence-corrected chi connectivity index (χ0v) is 9.09. The monoisotopic (exact) mass is 210 g/mol. The smallest absolute Gasteiger partial charge is 0.0768 e. The van der Waals surface area contributed by atoms with Crippen molar-refractivity contribution < 1.29 is 0 Å². The van der Waals surface area contributed by atoms with Crippen LogP contribution in [0.25, 0.3) is 0 Å². The van der Waals surface area contributed by atoms with E-state index in [1.165, 1.54) is 11.3 Å². The topological polar surface area (TPSA) is 29.3 Å². The summed E-state index contributed by atoms with van der Waals surface area (Å²) >= 11 is 5.93. The fourth-order valence-corrected chi connectivity index (χ4v) is 2.16. The second-order valence-electron chi connectivity index (χ2n) is 3.69. The van der Waals surface area contributed by atoms with Gasteiger partial charge in [-0.3, -0.25) is 0 Å². The standard InChI is InChI=1S/C11H15ClN2/c1-2-11(13)14-6-5-8-7-9(12)3-4-10(8)14/h3-4,7,11H,2,5-6,13H2,1H3. The van der Waals surface area contributed by atoms with E-state index in [-0.39, 0.29) is 6.17 Å². The Morgan fingerprint density at radius 2 is 2.36 bits per heavy atom. The molecule has 1 aliphatic heterocycles. The number of rotatable bonds is 2. The van der Waals surface area contributed by atoms with Gasteiger partial charge in [0.25, 0.3) is 0 Å². The van der Waals surface area contributed by atoms with Crippen LogP contribution in [0.2, 0.25) is 5.02 Å². The minimum absolute atomic E-state index is 0.137. The number of hydrogen-bond donors (Lipinski definition) is 1. The zero-order valence-electron chi connectivity index (χ0n) is 8.33. The maximum atomic E-state index is 6.02. The first-order valence-electron chi connectivity index (χ1n) is 5.03. The number of anilines is 1. The van der Waals surface area contributed by atoms with Gasteiger partial charge in [-0.05, 0) is 36.6 Å². The lowest BCUT2D eigenvalue weighted by atomic mass is 10.2. The lowest BCUT2D eigenvalue weighted by Gasteiger charge is -2.25. The van der Waals surface area contributed by atoms with E-state index in [1.54, 1.807) is 0 Å². The molecule has 1 aromatic rings. The Kier molecular flexibility index (Phi) is 2.66. The van der Waals surface area contributed by atoms with Crippen LogP contribution in [0.4, 0.5) is 5.69 Å². The molecule has 1 atom stereocenters. The van der Waals surface area contributed by atoms with E-state index < -0.39 is 0 Å². The average Bonchev–Trinajstić information content (AvgIpc) is 2.59. The van der Waals surface area contributed by atoms with Gasteiger partial charge >= 0.3 is 0 Å². The van der Waals surface area contributed by atoms with Crippen molar-refractivity contribution in [1.82, 2.24) is 0 Å². The first-order valence-corrected chi connectivity index (χ1v) is 5.41. The van der Waals surface area contributed by atoms with Crippen LogP contribution in [0.5, 0.6) is 0 Å². The van der Waals surface area contributed by atoms with Crippen LogP contribution in [0.15, 0.2) is 18.2 Å². The lowest BCUT2D eigenvalue weighted by molar-refractivity contribution is 0.610. The van der Waals surface area contributed by atoms with Crippen molar-refractivity contribution in [3.05, 3.63) is 28.8 Å². The summed E-state index contributed by atoms with van der Waals surface area (Å²) in [6, 6.07) is 6.04. The van der Waals surface area contributed by atoms with E-state index in [1.807, 2.05) is 12.1 Å². The molecule has 1 unspecified atom stereocenters. The van der Waals surface area contributed by atoms with Crippen LogP contribution >= 0.6 is 11.6 Å². The minimum Gasteiger partial charge on any atom is -0.356 e. The third-order valence-electron chi connectivity index (χ3n) is 2.79. The quantitative estimate of drug-likeness (QED) is 0.813. The highest BCUT2D eigenvalue weighted by molar-refractivity contribution is 6.30. The van der Waals surface area contributed by atoms with Gasteiger partial charge in [0.1, 0.15) is 0 Å². The normalized spacial score (nSPS) is 16.9. The van der Waals surface area contributed by atoms with Gasteiger partial charge in [0.15, 0.2) is 0 Å². The van der Waals surface area contributed by atoms with Gasteiger partial charge < -0.3 is 10.6 Å². The summed E-state index contributed by atoms with van der Waals surface area (Å²) in [5.74, 6) is 0. The molecule has 0 spiro atoms. The van der Waals surface area contributed by atoms with Gasteiger partial charge in [-0.1, -0.05) is 18.5 Å². The molecular formula is C11H15ClN2. The number of benzene rings is 1. The predicted molar refractivity (Wildman–Crippen MR) is 60.8 cm³/mol. The van der Waals surface area contributed by atoms with Crippen LogP contribution in [0.3, 0.4) is 0 Å². The van der Waals surface area contributed by atoms with Crippen LogP contribution < -0.4 is 10.6 Å². The van der Waals surface area contributed by atoms with Crippen molar-refractivity contribution in [2.75, 3.05) is 11.4 Å². The Labute approximate surface area is 89.7 Å². The van der Waals surface area contributed by atoms with Crippen molar-refractivity contribution in [3.63, 3.8) is 0 Å².